The Morgan fingerprint density at radius 3 is 2.62 bits per heavy atom. The van der Waals surface area contributed by atoms with E-state index >= 15 is 0 Å². The maximum absolute atomic E-state index is 10.7. The zero-order valence-corrected chi connectivity index (χ0v) is 8.11. The SMILES string of the molecule is CO[P+](=O)OC=Cc1ccccc1. The van der Waals surface area contributed by atoms with Crippen molar-refractivity contribution in [3.63, 3.8) is 0 Å². The van der Waals surface area contributed by atoms with Crippen molar-refractivity contribution < 1.29 is 13.6 Å². The zero-order chi connectivity index (χ0) is 9.52. The molecule has 0 bridgehead atoms. The molecule has 1 aromatic carbocycles. The van der Waals surface area contributed by atoms with E-state index in [-0.39, 0.29) is 0 Å². The fraction of sp³-hybridized carbons (Fsp3) is 0.111. The van der Waals surface area contributed by atoms with Crippen LogP contribution in [0.5, 0.6) is 0 Å². The number of hydrogen-bond acceptors (Lipinski definition) is 3. The number of rotatable bonds is 4. The molecule has 1 rings (SSSR count). The van der Waals surface area contributed by atoms with E-state index in [2.05, 4.69) is 4.52 Å². The summed E-state index contributed by atoms with van der Waals surface area (Å²) in [4.78, 5) is 0. The molecule has 13 heavy (non-hydrogen) atoms. The molecule has 0 aliphatic carbocycles. The second-order valence-electron chi connectivity index (χ2n) is 2.23. The van der Waals surface area contributed by atoms with Crippen molar-refractivity contribution in [2.75, 3.05) is 7.11 Å². The fourth-order valence-corrected chi connectivity index (χ4v) is 1.01. The zero-order valence-electron chi connectivity index (χ0n) is 7.21. The van der Waals surface area contributed by atoms with Crippen LogP contribution < -0.4 is 0 Å². The minimum atomic E-state index is -2.01. The van der Waals surface area contributed by atoms with E-state index in [4.69, 9.17) is 4.52 Å². The van der Waals surface area contributed by atoms with Crippen molar-refractivity contribution in [1.82, 2.24) is 0 Å². The van der Waals surface area contributed by atoms with Crippen molar-refractivity contribution in [3.05, 3.63) is 42.2 Å². The monoisotopic (exact) mass is 197 g/mol. The van der Waals surface area contributed by atoms with Crippen LogP contribution in [0.15, 0.2) is 36.6 Å². The Morgan fingerprint density at radius 2 is 2.00 bits per heavy atom. The first-order chi connectivity index (χ1) is 6.33. The van der Waals surface area contributed by atoms with E-state index in [0.29, 0.717) is 0 Å². The molecule has 0 radical (unpaired) electrons. The number of hydrogen-bond donors (Lipinski definition) is 0. The molecule has 68 valence electrons. The molecule has 0 saturated carbocycles. The third kappa shape index (κ3) is 3.83. The number of benzene rings is 1. The molecule has 0 amide bonds. The summed E-state index contributed by atoms with van der Waals surface area (Å²) in [6.45, 7) is 0. The third-order valence-corrected chi connectivity index (χ3v) is 1.95. The van der Waals surface area contributed by atoms with Crippen molar-refractivity contribution in [1.29, 1.82) is 0 Å². The second kappa shape index (κ2) is 5.46. The van der Waals surface area contributed by atoms with Crippen molar-refractivity contribution >= 4 is 14.3 Å². The van der Waals surface area contributed by atoms with Crippen LogP contribution in [0.3, 0.4) is 0 Å². The van der Waals surface area contributed by atoms with E-state index in [0.717, 1.165) is 5.56 Å². The highest BCUT2D eigenvalue weighted by Gasteiger charge is 2.13. The van der Waals surface area contributed by atoms with Crippen molar-refractivity contribution in [3.8, 4) is 0 Å². The molecule has 0 spiro atoms. The first-order valence-corrected chi connectivity index (χ1v) is 4.82. The molecule has 1 unspecified atom stereocenters. The van der Waals surface area contributed by atoms with Gasteiger partial charge in [-0.1, -0.05) is 30.3 Å². The Hall–Kier alpha value is -1.18. The van der Waals surface area contributed by atoms with E-state index in [1.54, 1.807) is 6.08 Å². The molecule has 0 aliphatic heterocycles. The van der Waals surface area contributed by atoms with Gasteiger partial charge in [0, 0.05) is 4.57 Å². The third-order valence-electron chi connectivity index (χ3n) is 1.36. The molecule has 0 saturated heterocycles. The highest BCUT2D eigenvalue weighted by atomic mass is 31.1. The predicted octanol–water partition coefficient (Wildman–Crippen LogP) is 2.98. The van der Waals surface area contributed by atoms with Gasteiger partial charge in [-0.15, -0.1) is 4.52 Å². The Labute approximate surface area is 77.9 Å². The van der Waals surface area contributed by atoms with Gasteiger partial charge < -0.3 is 0 Å². The average Bonchev–Trinajstić information content (AvgIpc) is 2.19. The molecule has 0 heterocycles. The van der Waals surface area contributed by atoms with Gasteiger partial charge in [0.2, 0.25) is 0 Å². The highest BCUT2D eigenvalue weighted by Crippen LogP contribution is 2.22. The first-order valence-electron chi connectivity index (χ1n) is 3.72. The minimum Gasteiger partial charge on any atom is -0.237 e. The molecule has 0 fully saturated rings. The van der Waals surface area contributed by atoms with Gasteiger partial charge in [0.15, 0.2) is 6.26 Å². The molecular weight excluding hydrogens is 187 g/mol. The first kappa shape index (κ1) is 9.90. The van der Waals surface area contributed by atoms with E-state index in [9.17, 15) is 4.57 Å². The van der Waals surface area contributed by atoms with Crippen LogP contribution in [0, 0.1) is 0 Å². The summed E-state index contributed by atoms with van der Waals surface area (Å²) in [7, 11) is -0.683. The topological polar surface area (TPSA) is 35.5 Å². The molecular formula is C9H10O3P+. The summed E-state index contributed by atoms with van der Waals surface area (Å²) >= 11 is 0. The summed E-state index contributed by atoms with van der Waals surface area (Å²) in [5.41, 5.74) is 0.988. The minimum absolute atomic E-state index is 0.988. The lowest BCUT2D eigenvalue weighted by atomic mass is 10.2. The summed E-state index contributed by atoms with van der Waals surface area (Å²) in [6.07, 6.45) is 3.07. The van der Waals surface area contributed by atoms with Crippen LogP contribution in [0.25, 0.3) is 6.08 Å². The van der Waals surface area contributed by atoms with E-state index < -0.39 is 8.25 Å². The summed E-state index contributed by atoms with van der Waals surface area (Å²) in [5.74, 6) is 0. The van der Waals surface area contributed by atoms with E-state index in [1.165, 1.54) is 13.4 Å². The van der Waals surface area contributed by atoms with Crippen LogP contribution in [-0.2, 0) is 13.6 Å². The molecule has 1 aromatic rings. The predicted molar refractivity (Wildman–Crippen MR) is 51.2 cm³/mol. The molecule has 3 nitrogen and oxygen atoms in total. The van der Waals surface area contributed by atoms with Gasteiger partial charge in [-0.25, -0.2) is 4.52 Å². The standard InChI is InChI=1S/C9H10O3P/c1-11-13(10)12-8-7-9-5-3-2-4-6-9/h2-8H,1H3/q+1. The Kier molecular flexibility index (Phi) is 4.16. The molecule has 0 N–H and O–H groups in total. The molecule has 0 aromatic heterocycles. The van der Waals surface area contributed by atoms with E-state index in [1.807, 2.05) is 30.3 Å². The van der Waals surface area contributed by atoms with Crippen LogP contribution in [0.2, 0.25) is 0 Å². The molecule has 1 atom stereocenters. The normalized spacial score (nSPS) is 11.6. The van der Waals surface area contributed by atoms with Crippen LogP contribution in [0.1, 0.15) is 5.56 Å². The van der Waals surface area contributed by atoms with Gasteiger partial charge >= 0.3 is 8.25 Å². The van der Waals surface area contributed by atoms with Crippen LogP contribution in [-0.4, -0.2) is 7.11 Å². The van der Waals surface area contributed by atoms with Crippen molar-refractivity contribution in [2.24, 2.45) is 0 Å². The summed E-state index contributed by atoms with van der Waals surface area (Å²) in [6, 6.07) is 9.58. The van der Waals surface area contributed by atoms with Gasteiger partial charge in [0.05, 0.1) is 7.11 Å². The highest BCUT2D eigenvalue weighted by molar-refractivity contribution is 7.33. The van der Waals surface area contributed by atoms with Gasteiger partial charge in [-0.3, -0.25) is 0 Å². The summed E-state index contributed by atoms with van der Waals surface area (Å²) in [5, 5.41) is 0. The largest absolute Gasteiger partial charge is 0.749 e. The Morgan fingerprint density at radius 1 is 1.31 bits per heavy atom. The smallest absolute Gasteiger partial charge is 0.237 e. The van der Waals surface area contributed by atoms with Gasteiger partial charge in [0.25, 0.3) is 0 Å². The lowest BCUT2D eigenvalue weighted by molar-refractivity contribution is 0.327. The fourth-order valence-electron chi connectivity index (χ4n) is 0.766. The van der Waals surface area contributed by atoms with Gasteiger partial charge in [-0.05, 0) is 11.6 Å². The van der Waals surface area contributed by atoms with Crippen LogP contribution in [0.4, 0.5) is 0 Å². The van der Waals surface area contributed by atoms with Gasteiger partial charge in [0.1, 0.15) is 0 Å². The molecule has 4 heteroatoms. The molecule has 0 aliphatic rings. The average molecular weight is 197 g/mol. The maximum Gasteiger partial charge on any atom is 0.749 e. The Bertz CT molecular complexity index is 295. The van der Waals surface area contributed by atoms with Crippen LogP contribution >= 0.6 is 8.25 Å². The summed E-state index contributed by atoms with van der Waals surface area (Å²) < 4.78 is 19.8. The maximum atomic E-state index is 10.7. The van der Waals surface area contributed by atoms with Crippen molar-refractivity contribution in [2.45, 2.75) is 0 Å². The second-order valence-corrected chi connectivity index (χ2v) is 3.25. The lowest BCUT2D eigenvalue weighted by Gasteiger charge is -1.87. The Balaban J connectivity index is 2.45. The lowest BCUT2D eigenvalue weighted by Crippen LogP contribution is -1.71. The quantitative estimate of drug-likeness (QED) is 0.549. The van der Waals surface area contributed by atoms with Gasteiger partial charge in [-0.2, -0.15) is 0 Å².